The Hall–Kier alpha value is -0.900. The molecule has 1 aromatic carbocycles. The molecule has 24 heavy (non-hydrogen) atoms. The van der Waals surface area contributed by atoms with Gasteiger partial charge in [-0.25, -0.2) is 0 Å². The fourth-order valence-electron chi connectivity index (χ4n) is 2.53. The van der Waals surface area contributed by atoms with E-state index in [-0.39, 0.29) is 29.4 Å². The molecule has 1 fully saturated rings. The Morgan fingerprint density at radius 3 is 2.75 bits per heavy atom. The molecule has 2 aromatic rings. The predicted molar refractivity (Wildman–Crippen MR) is 110 cm³/mol. The number of aliphatic imine (C=N–C) groups is 1. The van der Waals surface area contributed by atoms with Crippen LogP contribution in [0.2, 0.25) is 0 Å². The van der Waals surface area contributed by atoms with Crippen LogP contribution in [0.3, 0.4) is 0 Å². The van der Waals surface area contributed by atoms with Crippen molar-refractivity contribution in [2.24, 2.45) is 10.4 Å². The fraction of sp³-hybridized carbons (Fsp3) is 0.471. The highest BCUT2D eigenvalue weighted by atomic mass is 127. The van der Waals surface area contributed by atoms with E-state index in [4.69, 9.17) is 4.74 Å². The molecule has 132 valence electrons. The van der Waals surface area contributed by atoms with Crippen molar-refractivity contribution in [3.05, 3.63) is 35.2 Å². The van der Waals surface area contributed by atoms with E-state index in [1.165, 1.54) is 10.1 Å². The van der Waals surface area contributed by atoms with Crippen molar-refractivity contribution in [2.45, 2.75) is 13.0 Å². The van der Waals surface area contributed by atoms with Crippen LogP contribution in [-0.2, 0) is 4.74 Å². The molecule has 0 saturated carbocycles. The first-order valence-electron chi connectivity index (χ1n) is 7.78. The van der Waals surface area contributed by atoms with Gasteiger partial charge in [0, 0.05) is 35.1 Å². The van der Waals surface area contributed by atoms with Crippen LogP contribution in [0.5, 0.6) is 0 Å². The van der Waals surface area contributed by atoms with E-state index in [9.17, 15) is 5.11 Å². The number of aliphatic hydroxyl groups excluding tert-OH is 1. The van der Waals surface area contributed by atoms with Gasteiger partial charge in [0.25, 0.3) is 0 Å². The molecular formula is C17H24IN3O2S. The van der Waals surface area contributed by atoms with Crippen molar-refractivity contribution in [1.82, 2.24) is 10.6 Å². The Morgan fingerprint density at radius 2 is 2.12 bits per heavy atom. The Balaban J connectivity index is 0.00000208. The highest BCUT2D eigenvalue weighted by molar-refractivity contribution is 14.0. The maximum Gasteiger partial charge on any atom is 0.191 e. The molecule has 0 radical (unpaired) electrons. The Morgan fingerprint density at radius 1 is 1.38 bits per heavy atom. The number of hydrogen-bond acceptors (Lipinski definition) is 4. The zero-order valence-corrected chi connectivity index (χ0v) is 17.1. The van der Waals surface area contributed by atoms with E-state index in [1.54, 1.807) is 18.4 Å². The van der Waals surface area contributed by atoms with Gasteiger partial charge in [-0.05, 0) is 17.5 Å². The molecule has 1 aliphatic heterocycles. The minimum absolute atomic E-state index is 0. The molecular weight excluding hydrogens is 437 g/mol. The maximum atomic E-state index is 10.4. The first-order chi connectivity index (χ1) is 11.1. The number of benzene rings is 1. The van der Waals surface area contributed by atoms with Gasteiger partial charge in [0.1, 0.15) is 6.10 Å². The molecule has 1 aliphatic rings. The molecule has 0 bridgehead atoms. The lowest BCUT2D eigenvalue weighted by molar-refractivity contribution is -0.0971. The van der Waals surface area contributed by atoms with Crippen LogP contribution in [0.4, 0.5) is 0 Å². The minimum Gasteiger partial charge on any atom is -0.386 e. The van der Waals surface area contributed by atoms with E-state index in [2.05, 4.69) is 40.7 Å². The van der Waals surface area contributed by atoms with E-state index in [1.807, 2.05) is 12.1 Å². The van der Waals surface area contributed by atoms with E-state index in [0.29, 0.717) is 12.5 Å². The van der Waals surface area contributed by atoms with Gasteiger partial charge >= 0.3 is 0 Å². The third-order valence-corrected chi connectivity index (χ3v) is 5.26. The van der Waals surface area contributed by atoms with Gasteiger partial charge in [0.05, 0.1) is 13.2 Å². The van der Waals surface area contributed by atoms with Gasteiger partial charge in [-0.2, -0.15) is 0 Å². The van der Waals surface area contributed by atoms with Crippen molar-refractivity contribution in [3.63, 3.8) is 0 Å². The lowest BCUT2D eigenvalue weighted by Gasteiger charge is -2.38. The predicted octanol–water partition coefficient (Wildman–Crippen LogP) is 2.75. The second-order valence-corrected chi connectivity index (χ2v) is 7.43. The summed E-state index contributed by atoms with van der Waals surface area (Å²) in [6.07, 6.45) is -0.548. The summed E-state index contributed by atoms with van der Waals surface area (Å²) in [7, 11) is 1.74. The number of fused-ring (bicyclic) bond motifs is 1. The number of rotatable bonds is 5. The molecule has 0 aliphatic carbocycles. The van der Waals surface area contributed by atoms with Crippen molar-refractivity contribution in [2.75, 3.05) is 33.4 Å². The SMILES string of the molecule is CN=C(NCC(O)c1cc2ccccc2s1)NCC1(C)COC1.I. The maximum absolute atomic E-state index is 10.4. The molecule has 2 heterocycles. The molecule has 0 spiro atoms. The third kappa shape index (κ3) is 4.59. The fourth-order valence-corrected chi connectivity index (χ4v) is 3.58. The number of thiophene rings is 1. The molecule has 3 N–H and O–H groups in total. The van der Waals surface area contributed by atoms with Gasteiger partial charge in [0.15, 0.2) is 5.96 Å². The second kappa shape index (κ2) is 8.46. The summed E-state index contributed by atoms with van der Waals surface area (Å²) < 4.78 is 6.45. The number of hydrogen-bond donors (Lipinski definition) is 3. The van der Waals surface area contributed by atoms with Crippen LogP contribution in [0.25, 0.3) is 10.1 Å². The average molecular weight is 461 g/mol. The Labute approximate surface area is 163 Å². The highest BCUT2D eigenvalue weighted by Gasteiger charge is 2.33. The lowest BCUT2D eigenvalue weighted by atomic mass is 9.89. The zero-order chi connectivity index (χ0) is 16.3. The average Bonchev–Trinajstić information content (AvgIpc) is 2.97. The van der Waals surface area contributed by atoms with Gasteiger partial charge in [-0.1, -0.05) is 25.1 Å². The number of aliphatic hydroxyl groups is 1. The molecule has 1 atom stereocenters. The molecule has 1 aromatic heterocycles. The summed E-state index contributed by atoms with van der Waals surface area (Å²) in [5.74, 6) is 0.707. The van der Waals surface area contributed by atoms with Gasteiger partial charge in [0.2, 0.25) is 0 Å². The lowest BCUT2D eigenvalue weighted by Crippen LogP contribution is -2.51. The van der Waals surface area contributed by atoms with E-state index in [0.717, 1.165) is 24.6 Å². The quantitative estimate of drug-likeness (QED) is 0.364. The molecule has 1 saturated heterocycles. The largest absolute Gasteiger partial charge is 0.386 e. The molecule has 7 heteroatoms. The normalized spacial score (nSPS) is 17.7. The standard InChI is InChI=1S/C17H23N3O2S.HI/c1-17(10-22-11-17)9-20-16(18-2)19-8-13(21)15-7-12-5-3-4-6-14(12)23-15;/h3-7,13,21H,8-11H2,1-2H3,(H2,18,19,20);1H. The van der Waals surface area contributed by atoms with Crippen molar-refractivity contribution in [3.8, 4) is 0 Å². The van der Waals surface area contributed by atoms with Crippen LogP contribution >= 0.6 is 35.3 Å². The van der Waals surface area contributed by atoms with Crippen LogP contribution in [0.1, 0.15) is 17.9 Å². The second-order valence-electron chi connectivity index (χ2n) is 6.31. The van der Waals surface area contributed by atoms with Crippen molar-refractivity contribution >= 4 is 51.4 Å². The van der Waals surface area contributed by atoms with Crippen LogP contribution in [0.15, 0.2) is 35.3 Å². The molecule has 1 unspecified atom stereocenters. The molecule has 3 rings (SSSR count). The van der Waals surface area contributed by atoms with Gasteiger partial charge < -0.3 is 20.5 Å². The van der Waals surface area contributed by atoms with Gasteiger partial charge in [-0.15, -0.1) is 35.3 Å². The number of ether oxygens (including phenoxy) is 1. The van der Waals surface area contributed by atoms with Crippen LogP contribution in [-0.4, -0.2) is 44.4 Å². The highest BCUT2D eigenvalue weighted by Crippen LogP contribution is 2.29. The monoisotopic (exact) mass is 461 g/mol. The summed E-state index contributed by atoms with van der Waals surface area (Å²) in [6, 6.07) is 10.2. The summed E-state index contributed by atoms with van der Waals surface area (Å²) in [5, 5.41) is 18.1. The first kappa shape index (κ1) is 19.4. The number of nitrogens with zero attached hydrogens (tertiary/aromatic N) is 1. The Kier molecular flexibility index (Phi) is 6.85. The topological polar surface area (TPSA) is 65.9 Å². The number of halogens is 1. The van der Waals surface area contributed by atoms with Crippen LogP contribution < -0.4 is 10.6 Å². The van der Waals surface area contributed by atoms with Crippen molar-refractivity contribution in [1.29, 1.82) is 0 Å². The molecule has 5 nitrogen and oxygen atoms in total. The van der Waals surface area contributed by atoms with E-state index < -0.39 is 6.10 Å². The smallest absolute Gasteiger partial charge is 0.191 e. The minimum atomic E-state index is -0.548. The van der Waals surface area contributed by atoms with Gasteiger partial charge in [-0.3, -0.25) is 4.99 Å². The zero-order valence-electron chi connectivity index (χ0n) is 13.9. The molecule has 0 amide bonds. The summed E-state index contributed by atoms with van der Waals surface area (Å²) in [6.45, 7) is 4.98. The van der Waals surface area contributed by atoms with E-state index >= 15 is 0 Å². The summed E-state index contributed by atoms with van der Waals surface area (Å²) in [5.41, 5.74) is 0.182. The number of nitrogens with one attached hydrogen (secondary N) is 2. The Bertz CT molecular complexity index is 667. The summed E-state index contributed by atoms with van der Waals surface area (Å²) >= 11 is 1.63. The van der Waals surface area contributed by atoms with Crippen molar-refractivity contribution < 1.29 is 9.84 Å². The van der Waals surface area contributed by atoms with Crippen LogP contribution in [0, 0.1) is 5.41 Å². The third-order valence-electron chi connectivity index (χ3n) is 4.04. The first-order valence-corrected chi connectivity index (χ1v) is 8.60. The summed E-state index contributed by atoms with van der Waals surface area (Å²) in [4.78, 5) is 5.17. The number of guanidine groups is 1.